The second-order valence-electron chi connectivity index (χ2n) is 4.60. The van der Waals surface area contributed by atoms with Gasteiger partial charge in [-0.05, 0) is 19.2 Å². The Morgan fingerprint density at radius 1 is 1.33 bits per heavy atom. The van der Waals surface area contributed by atoms with Gasteiger partial charge in [0.15, 0.2) is 0 Å². The maximum atomic E-state index is 11.9. The molecule has 1 heterocycles. The van der Waals surface area contributed by atoms with Crippen molar-refractivity contribution < 1.29 is 4.79 Å². The first-order valence-electron chi connectivity index (χ1n) is 6.51. The van der Waals surface area contributed by atoms with Gasteiger partial charge in [0.1, 0.15) is 0 Å². The molecule has 1 aromatic carbocycles. The maximum Gasteiger partial charge on any atom is 0.224 e. The summed E-state index contributed by atoms with van der Waals surface area (Å²) in [6.45, 7) is 2.22. The molecule has 0 saturated heterocycles. The number of carbonyl (C=O) groups is 1. The highest BCUT2D eigenvalue weighted by molar-refractivity contribution is 5.85. The summed E-state index contributed by atoms with van der Waals surface area (Å²) < 4.78 is 2.03. The number of rotatable bonds is 6. The predicted octanol–water partition coefficient (Wildman–Crippen LogP) is 1.95. The summed E-state index contributed by atoms with van der Waals surface area (Å²) in [6, 6.07) is 7.96. The van der Waals surface area contributed by atoms with Crippen molar-refractivity contribution in [2.75, 3.05) is 27.2 Å². The largest absolute Gasteiger partial charge is 0.344 e. The van der Waals surface area contributed by atoms with E-state index in [0.717, 1.165) is 24.1 Å². The van der Waals surface area contributed by atoms with Crippen molar-refractivity contribution in [1.29, 1.82) is 0 Å². The second kappa shape index (κ2) is 9.60. The fraction of sp³-hybridized carbons (Fsp3) is 0.429. The highest BCUT2D eigenvalue weighted by Crippen LogP contribution is 2.12. The Kier molecular flexibility index (Phi) is 9.01. The summed E-state index contributed by atoms with van der Waals surface area (Å²) in [7, 11) is 3.72. The van der Waals surface area contributed by atoms with E-state index < -0.39 is 0 Å². The number of likely N-dealkylation sites (N-methyl/N-ethyl adjacent to an activating group) is 2. The third kappa shape index (κ3) is 5.19. The molecule has 1 amide bonds. The van der Waals surface area contributed by atoms with E-state index in [0.29, 0.717) is 13.0 Å². The average Bonchev–Trinajstić information content (AvgIpc) is 2.85. The summed E-state index contributed by atoms with van der Waals surface area (Å²) in [4.78, 5) is 18.0. The Morgan fingerprint density at radius 2 is 2.05 bits per heavy atom. The molecule has 21 heavy (non-hydrogen) atoms. The fourth-order valence-corrected chi connectivity index (χ4v) is 2.00. The van der Waals surface area contributed by atoms with Gasteiger partial charge in [-0.15, -0.1) is 24.8 Å². The van der Waals surface area contributed by atoms with Gasteiger partial charge in [-0.2, -0.15) is 0 Å². The lowest BCUT2D eigenvalue weighted by Gasteiger charge is -2.17. The minimum atomic E-state index is 0. The first-order valence-corrected chi connectivity index (χ1v) is 6.51. The second-order valence-corrected chi connectivity index (χ2v) is 4.60. The molecule has 1 aromatic heterocycles. The van der Waals surface area contributed by atoms with Gasteiger partial charge in [0, 0.05) is 33.1 Å². The lowest BCUT2D eigenvalue weighted by Crippen LogP contribution is -2.33. The van der Waals surface area contributed by atoms with Gasteiger partial charge in [0.25, 0.3) is 0 Å². The summed E-state index contributed by atoms with van der Waals surface area (Å²) in [5.74, 6) is 0.160. The predicted molar refractivity (Wildman–Crippen MR) is 90.4 cm³/mol. The molecular formula is C14H22Cl2N4O. The van der Waals surface area contributed by atoms with E-state index in [4.69, 9.17) is 0 Å². The average molecular weight is 333 g/mol. The van der Waals surface area contributed by atoms with Crippen molar-refractivity contribution in [3.05, 3.63) is 30.6 Å². The number of para-hydroxylation sites is 2. The van der Waals surface area contributed by atoms with E-state index in [1.54, 1.807) is 11.2 Å². The molecule has 0 fully saturated rings. The molecule has 0 saturated carbocycles. The number of nitrogens with zero attached hydrogens (tertiary/aromatic N) is 3. The zero-order chi connectivity index (χ0) is 13.7. The van der Waals surface area contributed by atoms with E-state index in [9.17, 15) is 4.79 Å². The molecule has 0 spiro atoms. The van der Waals surface area contributed by atoms with E-state index in [-0.39, 0.29) is 30.7 Å². The third-order valence-corrected chi connectivity index (χ3v) is 3.22. The number of hydrogen-bond acceptors (Lipinski definition) is 3. The van der Waals surface area contributed by atoms with E-state index in [1.807, 2.05) is 42.9 Å². The van der Waals surface area contributed by atoms with Crippen LogP contribution in [-0.2, 0) is 11.3 Å². The van der Waals surface area contributed by atoms with Crippen molar-refractivity contribution >= 4 is 41.8 Å². The highest BCUT2D eigenvalue weighted by Gasteiger charge is 2.09. The van der Waals surface area contributed by atoms with Crippen LogP contribution in [0, 0.1) is 0 Å². The van der Waals surface area contributed by atoms with Crippen LogP contribution in [-0.4, -0.2) is 47.5 Å². The normalized spacial score (nSPS) is 9.81. The molecule has 0 radical (unpaired) electrons. The van der Waals surface area contributed by atoms with Gasteiger partial charge in [-0.25, -0.2) is 4.98 Å². The van der Waals surface area contributed by atoms with Crippen molar-refractivity contribution in [1.82, 2.24) is 19.8 Å². The molecule has 0 bridgehead atoms. The minimum absolute atomic E-state index is 0. The SMILES string of the molecule is CNCCN(C)C(=O)CCn1cnc2ccccc21.Cl.Cl. The number of amides is 1. The first kappa shape index (κ1) is 19.7. The molecule has 7 heteroatoms. The fourth-order valence-electron chi connectivity index (χ4n) is 2.00. The van der Waals surface area contributed by atoms with Gasteiger partial charge in [0.05, 0.1) is 17.4 Å². The van der Waals surface area contributed by atoms with Crippen molar-refractivity contribution in [3.63, 3.8) is 0 Å². The van der Waals surface area contributed by atoms with Crippen LogP contribution in [0.1, 0.15) is 6.42 Å². The Labute approximate surface area is 137 Å². The summed E-state index contributed by atoms with van der Waals surface area (Å²) in [6.07, 6.45) is 2.30. The Hall–Kier alpha value is -1.30. The molecule has 5 nitrogen and oxygen atoms in total. The van der Waals surface area contributed by atoms with Crippen molar-refractivity contribution in [3.8, 4) is 0 Å². The number of nitrogens with one attached hydrogen (secondary N) is 1. The number of halogens is 2. The van der Waals surface area contributed by atoms with Crippen LogP contribution in [0.5, 0.6) is 0 Å². The number of aryl methyl sites for hydroxylation is 1. The highest BCUT2D eigenvalue weighted by atomic mass is 35.5. The summed E-state index contributed by atoms with van der Waals surface area (Å²) in [5.41, 5.74) is 2.05. The van der Waals surface area contributed by atoms with Crippen molar-refractivity contribution in [2.45, 2.75) is 13.0 Å². The van der Waals surface area contributed by atoms with Gasteiger partial charge in [-0.3, -0.25) is 4.79 Å². The van der Waals surface area contributed by atoms with E-state index in [1.165, 1.54) is 0 Å². The number of benzene rings is 1. The number of hydrogen-bond donors (Lipinski definition) is 1. The Balaban J connectivity index is 0.00000200. The zero-order valence-corrected chi connectivity index (χ0v) is 13.9. The molecule has 118 valence electrons. The molecule has 0 unspecified atom stereocenters. The third-order valence-electron chi connectivity index (χ3n) is 3.22. The van der Waals surface area contributed by atoms with Gasteiger partial charge in [0.2, 0.25) is 5.91 Å². The number of fused-ring (bicyclic) bond motifs is 1. The van der Waals surface area contributed by atoms with Crippen molar-refractivity contribution in [2.24, 2.45) is 0 Å². The minimum Gasteiger partial charge on any atom is -0.344 e. The lowest BCUT2D eigenvalue weighted by molar-refractivity contribution is -0.130. The molecule has 2 aromatic rings. The van der Waals surface area contributed by atoms with E-state index >= 15 is 0 Å². The molecular weight excluding hydrogens is 311 g/mol. The molecule has 0 aliphatic rings. The summed E-state index contributed by atoms with van der Waals surface area (Å²) >= 11 is 0. The number of aromatic nitrogens is 2. The Bertz CT molecular complexity index is 559. The number of carbonyl (C=O) groups excluding carboxylic acids is 1. The first-order chi connectivity index (χ1) is 9.22. The molecule has 2 rings (SSSR count). The summed E-state index contributed by atoms with van der Waals surface area (Å²) in [5, 5.41) is 3.04. The Morgan fingerprint density at radius 3 is 2.76 bits per heavy atom. The topological polar surface area (TPSA) is 50.2 Å². The van der Waals surface area contributed by atoms with Gasteiger partial charge >= 0.3 is 0 Å². The van der Waals surface area contributed by atoms with Gasteiger partial charge < -0.3 is 14.8 Å². The molecule has 1 N–H and O–H groups in total. The van der Waals surface area contributed by atoms with Crippen LogP contribution in [0.15, 0.2) is 30.6 Å². The van der Waals surface area contributed by atoms with Crippen LogP contribution in [0.4, 0.5) is 0 Å². The van der Waals surface area contributed by atoms with Crippen LogP contribution >= 0.6 is 24.8 Å². The monoisotopic (exact) mass is 332 g/mol. The van der Waals surface area contributed by atoms with Gasteiger partial charge in [-0.1, -0.05) is 12.1 Å². The quantitative estimate of drug-likeness (QED) is 0.879. The molecule has 0 aliphatic carbocycles. The van der Waals surface area contributed by atoms with Crippen LogP contribution in [0.3, 0.4) is 0 Å². The molecule has 0 aliphatic heterocycles. The zero-order valence-electron chi connectivity index (χ0n) is 12.3. The van der Waals surface area contributed by atoms with Crippen LogP contribution in [0.25, 0.3) is 11.0 Å². The smallest absolute Gasteiger partial charge is 0.224 e. The van der Waals surface area contributed by atoms with E-state index in [2.05, 4.69) is 10.3 Å². The maximum absolute atomic E-state index is 11.9. The molecule has 0 atom stereocenters. The van der Waals surface area contributed by atoms with Crippen LogP contribution < -0.4 is 5.32 Å². The number of imidazole rings is 1. The standard InChI is InChI=1S/C14H20N4O.2ClH/c1-15-8-10-17(2)14(19)7-9-18-11-16-12-5-3-4-6-13(12)18;;/h3-6,11,15H,7-10H2,1-2H3;2*1H. The lowest BCUT2D eigenvalue weighted by atomic mass is 10.3. The van der Waals surface area contributed by atoms with Crippen LogP contribution in [0.2, 0.25) is 0 Å².